The summed E-state index contributed by atoms with van der Waals surface area (Å²) in [7, 11) is 3.98. The van der Waals surface area contributed by atoms with Gasteiger partial charge in [-0.15, -0.1) is 0 Å². The molecule has 0 aliphatic carbocycles. The molecular weight excluding hydrogens is 379 g/mol. The molecule has 2 aromatic carbocycles. The van der Waals surface area contributed by atoms with Gasteiger partial charge in [0.1, 0.15) is 18.2 Å². The number of hydrogen-bond acceptors (Lipinski definition) is 3. The Labute approximate surface area is 168 Å². The maximum atomic E-state index is 13.1. The molecule has 1 heterocycles. The van der Waals surface area contributed by atoms with Crippen LogP contribution in [0.5, 0.6) is 5.75 Å². The van der Waals surface area contributed by atoms with Crippen LogP contribution < -0.4 is 4.74 Å². The third-order valence-corrected chi connectivity index (χ3v) is 5.05. The molecule has 3 aromatic rings. The lowest BCUT2D eigenvalue weighted by molar-refractivity contribution is -0.137. The Morgan fingerprint density at radius 3 is 2.55 bits per heavy atom. The second-order valence-electron chi connectivity index (χ2n) is 7.52. The minimum atomic E-state index is -4.39. The number of halogens is 3. The van der Waals surface area contributed by atoms with Gasteiger partial charge in [0.05, 0.1) is 16.6 Å². The molecule has 0 radical (unpaired) electrons. The minimum absolute atomic E-state index is 0.197. The Bertz CT molecular complexity index is 993. The van der Waals surface area contributed by atoms with Crippen molar-refractivity contribution < 1.29 is 17.9 Å². The standard InChI is InChI=1S/C22H26F3N3O/c1-15-7-5-8-20(16(15)2)29-14-21-26-18-13-17(22(23,24)25)9-10-19(18)28(21)12-6-11-27(3)4/h5,7-10,13H,6,11-12,14H2,1-4H3. The summed E-state index contributed by atoms with van der Waals surface area (Å²) in [5, 5.41) is 0. The first kappa shape index (κ1) is 21.2. The van der Waals surface area contributed by atoms with Gasteiger partial charge in [-0.2, -0.15) is 13.2 Å². The lowest BCUT2D eigenvalue weighted by Gasteiger charge is -2.14. The molecule has 1 aromatic heterocycles. The van der Waals surface area contributed by atoms with Crippen molar-refractivity contribution in [2.45, 2.75) is 39.6 Å². The molecule has 3 rings (SSSR count). The van der Waals surface area contributed by atoms with Crippen LogP contribution in [0.25, 0.3) is 11.0 Å². The molecule has 0 N–H and O–H groups in total. The summed E-state index contributed by atoms with van der Waals surface area (Å²) in [6.07, 6.45) is -3.53. The van der Waals surface area contributed by atoms with Gasteiger partial charge in [0.15, 0.2) is 0 Å². The molecule has 0 bridgehead atoms. The van der Waals surface area contributed by atoms with E-state index < -0.39 is 11.7 Å². The smallest absolute Gasteiger partial charge is 0.416 e. The van der Waals surface area contributed by atoms with Crippen LogP contribution in [-0.4, -0.2) is 35.1 Å². The largest absolute Gasteiger partial charge is 0.485 e. The lowest BCUT2D eigenvalue weighted by Crippen LogP contribution is -2.16. The van der Waals surface area contributed by atoms with Crippen molar-refractivity contribution in [3.63, 3.8) is 0 Å². The van der Waals surface area contributed by atoms with Gasteiger partial charge in [-0.25, -0.2) is 4.98 Å². The summed E-state index contributed by atoms with van der Waals surface area (Å²) >= 11 is 0. The molecule has 29 heavy (non-hydrogen) atoms. The Morgan fingerprint density at radius 2 is 1.86 bits per heavy atom. The van der Waals surface area contributed by atoms with E-state index >= 15 is 0 Å². The summed E-state index contributed by atoms with van der Waals surface area (Å²) in [5.74, 6) is 1.38. The van der Waals surface area contributed by atoms with Crippen molar-refractivity contribution in [3.8, 4) is 5.75 Å². The number of rotatable bonds is 7. The van der Waals surface area contributed by atoms with Gasteiger partial charge in [-0.05, 0) is 76.3 Å². The molecular formula is C22H26F3N3O. The maximum Gasteiger partial charge on any atom is 0.416 e. The number of benzene rings is 2. The van der Waals surface area contributed by atoms with Gasteiger partial charge in [0, 0.05) is 6.54 Å². The average molecular weight is 405 g/mol. The van der Waals surface area contributed by atoms with Crippen molar-refractivity contribution in [1.82, 2.24) is 14.5 Å². The van der Waals surface area contributed by atoms with E-state index in [4.69, 9.17) is 4.74 Å². The molecule has 4 nitrogen and oxygen atoms in total. The van der Waals surface area contributed by atoms with Crippen molar-refractivity contribution in [2.75, 3.05) is 20.6 Å². The lowest BCUT2D eigenvalue weighted by atomic mass is 10.1. The average Bonchev–Trinajstić information content (AvgIpc) is 2.99. The van der Waals surface area contributed by atoms with E-state index in [-0.39, 0.29) is 6.61 Å². The van der Waals surface area contributed by atoms with Gasteiger partial charge >= 0.3 is 6.18 Å². The third kappa shape index (κ3) is 4.90. The van der Waals surface area contributed by atoms with E-state index in [1.807, 2.05) is 50.7 Å². The summed E-state index contributed by atoms with van der Waals surface area (Å²) in [4.78, 5) is 6.55. The second-order valence-corrected chi connectivity index (χ2v) is 7.52. The molecule has 0 aliphatic heterocycles. The summed E-state index contributed by atoms with van der Waals surface area (Å²) in [6.45, 7) is 5.73. The summed E-state index contributed by atoms with van der Waals surface area (Å²) in [6, 6.07) is 9.55. The number of fused-ring (bicyclic) bond motifs is 1. The van der Waals surface area contributed by atoms with E-state index in [0.29, 0.717) is 23.4 Å². The van der Waals surface area contributed by atoms with Crippen LogP contribution in [0.1, 0.15) is 28.9 Å². The van der Waals surface area contributed by atoms with E-state index in [2.05, 4.69) is 9.88 Å². The molecule has 0 aliphatic rings. The second kappa shape index (κ2) is 8.45. The number of aromatic nitrogens is 2. The van der Waals surface area contributed by atoms with Crippen molar-refractivity contribution in [1.29, 1.82) is 0 Å². The number of alkyl halides is 3. The van der Waals surface area contributed by atoms with Gasteiger partial charge in [0.25, 0.3) is 0 Å². The number of imidazole rings is 1. The van der Waals surface area contributed by atoms with Crippen LogP contribution in [0.3, 0.4) is 0 Å². The SMILES string of the molecule is Cc1cccc(OCc2nc3cc(C(F)(F)F)ccc3n2CCCN(C)C)c1C. The number of aryl methyl sites for hydroxylation is 2. The van der Waals surface area contributed by atoms with Gasteiger partial charge < -0.3 is 14.2 Å². The molecule has 0 unspecified atom stereocenters. The Kier molecular flexibility index (Phi) is 6.17. The first-order chi connectivity index (χ1) is 13.7. The first-order valence-corrected chi connectivity index (χ1v) is 9.57. The molecule has 7 heteroatoms. The first-order valence-electron chi connectivity index (χ1n) is 9.57. The molecule has 0 atom stereocenters. The van der Waals surface area contributed by atoms with E-state index in [1.165, 1.54) is 6.07 Å². The molecule has 0 fully saturated rings. The minimum Gasteiger partial charge on any atom is -0.485 e. The van der Waals surface area contributed by atoms with Crippen LogP contribution in [0.15, 0.2) is 36.4 Å². The maximum absolute atomic E-state index is 13.1. The zero-order valence-corrected chi connectivity index (χ0v) is 17.2. The van der Waals surface area contributed by atoms with Gasteiger partial charge in [-0.1, -0.05) is 12.1 Å². The van der Waals surface area contributed by atoms with E-state index in [1.54, 1.807) is 0 Å². The topological polar surface area (TPSA) is 30.3 Å². The Balaban J connectivity index is 1.93. The van der Waals surface area contributed by atoms with Crippen molar-refractivity contribution >= 4 is 11.0 Å². The van der Waals surface area contributed by atoms with E-state index in [9.17, 15) is 13.2 Å². The highest BCUT2D eigenvalue weighted by molar-refractivity contribution is 5.77. The zero-order valence-electron chi connectivity index (χ0n) is 17.2. The number of ether oxygens (including phenoxy) is 1. The monoisotopic (exact) mass is 405 g/mol. The highest BCUT2D eigenvalue weighted by Gasteiger charge is 2.31. The molecule has 156 valence electrons. The predicted molar refractivity (Wildman–Crippen MR) is 108 cm³/mol. The van der Waals surface area contributed by atoms with Gasteiger partial charge in [0.2, 0.25) is 0 Å². The predicted octanol–water partition coefficient (Wildman–Crippen LogP) is 5.20. The van der Waals surface area contributed by atoms with Gasteiger partial charge in [-0.3, -0.25) is 0 Å². The molecule has 0 amide bonds. The fourth-order valence-corrected chi connectivity index (χ4v) is 3.28. The Hall–Kier alpha value is -2.54. The van der Waals surface area contributed by atoms with Crippen LogP contribution in [0.2, 0.25) is 0 Å². The fourth-order valence-electron chi connectivity index (χ4n) is 3.28. The zero-order chi connectivity index (χ0) is 21.2. The molecule has 0 saturated carbocycles. The number of nitrogens with zero attached hydrogens (tertiary/aromatic N) is 3. The summed E-state index contributed by atoms with van der Waals surface area (Å²) < 4.78 is 47.2. The third-order valence-electron chi connectivity index (χ3n) is 5.05. The highest BCUT2D eigenvalue weighted by Crippen LogP contribution is 2.32. The number of hydrogen-bond donors (Lipinski definition) is 0. The van der Waals surface area contributed by atoms with Crippen molar-refractivity contribution in [3.05, 3.63) is 58.9 Å². The normalized spacial score (nSPS) is 12.1. The van der Waals surface area contributed by atoms with Crippen LogP contribution >= 0.6 is 0 Å². The molecule has 0 spiro atoms. The highest BCUT2D eigenvalue weighted by atomic mass is 19.4. The van der Waals surface area contributed by atoms with Crippen LogP contribution in [0.4, 0.5) is 13.2 Å². The van der Waals surface area contributed by atoms with Crippen molar-refractivity contribution in [2.24, 2.45) is 0 Å². The Morgan fingerprint density at radius 1 is 1.10 bits per heavy atom. The van der Waals surface area contributed by atoms with E-state index in [0.717, 1.165) is 42.0 Å². The van der Waals surface area contributed by atoms with Crippen LogP contribution in [-0.2, 0) is 19.3 Å². The van der Waals surface area contributed by atoms with Crippen LogP contribution in [0, 0.1) is 13.8 Å². The molecule has 0 saturated heterocycles. The fraction of sp³-hybridized carbons (Fsp3) is 0.409. The quantitative estimate of drug-likeness (QED) is 0.541. The summed E-state index contributed by atoms with van der Waals surface area (Å²) in [5.41, 5.74) is 2.50.